The van der Waals surface area contributed by atoms with Gasteiger partial charge in [0.25, 0.3) is 0 Å². The first kappa shape index (κ1) is 19.6. The second-order valence-electron chi connectivity index (χ2n) is 6.60. The fourth-order valence-electron chi connectivity index (χ4n) is 2.91. The van der Waals surface area contributed by atoms with Crippen LogP contribution < -0.4 is 0 Å². The van der Waals surface area contributed by atoms with Crippen molar-refractivity contribution in [2.75, 3.05) is 0 Å². The zero-order valence-electron chi connectivity index (χ0n) is 15.5. The molecule has 136 valence electrons. The normalized spacial score (nSPS) is 12.2. The molecule has 0 fully saturated rings. The summed E-state index contributed by atoms with van der Waals surface area (Å²) < 4.78 is 2.18. The van der Waals surface area contributed by atoms with Gasteiger partial charge < -0.3 is 9.47 Å². The van der Waals surface area contributed by atoms with Crippen molar-refractivity contribution in [3.05, 3.63) is 58.9 Å². The molecule has 3 nitrogen and oxygen atoms in total. The number of amides is 1. The smallest absolute Gasteiger partial charge is 0.223 e. The highest BCUT2D eigenvalue weighted by Gasteiger charge is 2.20. The van der Waals surface area contributed by atoms with Crippen molar-refractivity contribution >= 4 is 17.5 Å². The third-order valence-corrected chi connectivity index (χ3v) is 5.11. The Kier molecular flexibility index (Phi) is 7.57. The van der Waals surface area contributed by atoms with Gasteiger partial charge in [0, 0.05) is 35.9 Å². The highest BCUT2D eigenvalue weighted by Crippen LogP contribution is 2.19. The molecule has 25 heavy (non-hydrogen) atoms. The van der Waals surface area contributed by atoms with E-state index in [1.165, 1.54) is 0 Å². The van der Waals surface area contributed by atoms with Crippen LogP contribution in [0, 0.1) is 0 Å². The maximum atomic E-state index is 12.6. The quantitative estimate of drug-likeness (QED) is 0.579. The molecule has 4 heteroatoms. The highest BCUT2D eigenvalue weighted by molar-refractivity contribution is 6.31. The van der Waals surface area contributed by atoms with Crippen molar-refractivity contribution in [2.24, 2.45) is 0 Å². The molecule has 0 saturated carbocycles. The molecule has 0 radical (unpaired) electrons. The van der Waals surface area contributed by atoms with Crippen molar-refractivity contribution in [1.29, 1.82) is 0 Å². The van der Waals surface area contributed by atoms with Crippen LogP contribution in [-0.2, 0) is 17.9 Å². The molecule has 0 aliphatic rings. The fourth-order valence-corrected chi connectivity index (χ4v) is 3.11. The van der Waals surface area contributed by atoms with E-state index in [1.807, 2.05) is 35.2 Å². The Bertz CT molecular complexity index is 680. The van der Waals surface area contributed by atoms with E-state index in [-0.39, 0.29) is 11.9 Å². The Morgan fingerprint density at radius 1 is 1.20 bits per heavy atom. The largest absolute Gasteiger partial charge is 0.345 e. The summed E-state index contributed by atoms with van der Waals surface area (Å²) in [6, 6.07) is 12.3. The van der Waals surface area contributed by atoms with Gasteiger partial charge in [0.05, 0.1) is 6.54 Å². The maximum absolute atomic E-state index is 12.6. The zero-order chi connectivity index (χ0) is 18.2. The molecule has 1 aromatic heterocycles. The summed E-state index contributed by atoms with van der Waals surface area (Å²) in [6.07, 6.45) is 5.65. The number of aromatic nitrogens is 1. The van der Waals surface area contributed by atoms with Crippen molar-refractivity contribution in [2.45, 2.75) is 65.6 Å². The van der Waals surface area contributed by atoms with Gasteiger partial charge in [0.15, 0.2) is 0 Å². The fraction of sp³-hybridized carbons (Fsp3) is 0.476. The van der Waals surface area contributed by atoms with Crippen molar-refractivity contribution in [3.63, 3.8) is 0 Å². The molecule has 1 aromatic carbocycles. The Labute approximate surface area is 156 Å². The second kappa shape index (κ2) is 9.67. The molecule has 0 aliphatic heterocycles. The molecule has 0 spiro atoms. The summed E-state index contributed by atoms with van der Waals surface area (Å²) in [7, 11) is 0. The van der Waals surface area contributed by atoms with Crippen LogP contribution in [0.15, 0.2) is 42.6 Å². The summed E-state index contributed by atoms with van der Waals surface area (Å²) in [5, 5.41) is 0.778. The molecule has 2 rings (SSSR count). The first-order valence-corrected chi connectivity index (χ1v) is 9.61. The number of hydrogen-bond acceptors (Lipinski definition) is 1. The molecule has 0 aliphatic carbocycles. The van der Waals surface area contributed by atoms with Gasteiger partial charge in [-0.3, -0.25) is 4.79 Å². The number of benzene rings is 1. The van der Waals surface area contributed by atoms with Crippen LogP contribution in [0.5, 0.6) is 0 Å². The van der Waals surface area contributed by atoms with Crippen LogP contribution in [0.4, 0.5) is 0 Å². The van der Waals surface area contributed by atoms with Crippen LogP contribution in [-0.4, -0.2) is 21.4 Å². The van der Waals surface area contributed by atoms with Gasteiger partial charge in [-0.1, -0.05) is 50.1 Å². The van der Waals surface area contributed by atoms with Gasteiger partial charge in [-0.05, 0) is 43.5 Å². The number of hydrogen-bond donors (Lipinski definition) is 0. The minimum Gasteiger partial charge on any atom is -0.345 e. The number of halogens is 1. The molecular weight excluding hydrogens is 332 g/mol. The Balaban J connectivity index is 2.16. The summed E-state index contributed by atoms with van der Waals surface area (Å²) in [4.78, 5) is 14.7. The average molecular weight is 361 g/mol. The molecule has 2 aromatic rings. The van der Waals surface area contributed by atoms with E-state index in [1.54, 1.807) is 0 Å². The SMILES string of the molecule is CCCCC(=O)N(Cc1cccn1Cc1ccccc1Cl)C(C)CC. The number of rotatable bonds is 9. The summed E-state index contributed by atoms with van der Waals surface area (Å²) in [5.74, 6) is 0.252. The van der Waals surface area contributed by atoms with Crippen molar-refractivity contribution in [1.82, 2.24) is 9.47 Å². The first-order valence-electron chi connectivity index (χ1n) is 9.23. The lowest BCUT2D eigenvalue weighted by Crippen LogP contribution is -2.38. The number of nitrogens with zero attached hydrogens (tertiary/aromatic N) is 2. The van der Waals surface area contributed by atoms with Crippen LogP contribution >= 0.6 is 11.6 Å². The number of carbonyl (C=O) groups is 1. The minimum atomic E-state index is 0.244. The lowest BCUT2D eigenvalue weighted by molar-refractivity contribution is -0.134. The van der Waals surface area contributed by atoms with Gasteiger partial charge in [-0.25, -0.2) is 0 Å². The lowest BCUT2D eigenvalue weighted by atomic mass is 10.1. The van der Waals surface area contributed by atoms with Gasteiger partial charge >= 0.3 is 0 Å². The van der Waals surface area contributed by atoms with E-state index >= 15 is 0 Å². The second-order valence-corrected chi connectivity index (χ2v) is 7.01. The van der Waals surface area contributed by atoms with Crippen LogP contribution in [0.25, 0.3) is 0 Å². The summed E-state index contributed by atoms with van der Waals surface area (Å²) in [6.45, 7) is 7.75. The molecule has 1 atom stereocenters. The third-order valence-electron chi connectivity index (χ3n) is 4.74. The van der Waals surface area contributed by atoms with Crippen LogP contribution in [0.3, 0.4) is 0 Å². The third kappa shape index (κ3) is 5.37. The van der Waals surface area contributed by atoms with E-state index in [0.717, 1.165) is 42.1 Å². The summed E-state index contributed by atoms with van der Waals surface area (Å²) in [5.41, 5.74) is 2.24. The van der Waals surface area contributed by atoms with E-state index in [4.69, 9.17) is 11.6 Å². The minimum absolute atomic E-state index is 0.244. The van der Waals surface area contributed by atoms with Crippen LogP contribution in [0.1, 0.15) is 57.7 Å². The van der Waals surface area contributed by atoms with E-state index in [9.17, 15) is 4.79 Å². The van der Waals surface area contributed by atoms with E-state index in [2.05, 4.69) is 37.6 Å². The topological polar surface area (TPSA) is 25.2 Å². The molecule has 1 amide bonds. The van der Waals surface area contributed by atoms with Gasteiger partial charge in [-0.15, -0.1) is 0 Å². The predicted molar refractivity (Wildman–Crippen MR) is 105 cm³/mol. The Morgan fingerprint density at radius 2 is 1.96 bits per heavy atom. The molecule has 1 heterocycles. The zero-order valence-corrected chi connectivity index (χ0v) is 16.3. The monoisotopic (exact) mass is 360 g/mol. The molecular formula is C21H29ClN2O. The molecule has 0 N–H and O–H groups in total. The summed E-state index contributed by atoms with van der Waals surface area (Å²) >= 11 is 6.30. The highest BCUT2D eigenvalue weighted by atomic mass is 35.5. The Morgan fingerprint density at radius 3 is 2.64 bits per heavy atom. The van der Waals surface area contributed by atoms with Gasteiger partial charge in [0.1, 0.15) is 0 Å². The molecule has 0 saturated heterocycles. The Hall–Kier alpha value is -1.74. The van der Waals surface area contributed by atoms with Crippen LogP contribution in [0.2, 0.25) is 5.02 Å². The van der Waals surface area contributed by atoms with Crippen molar-refractivity contribution < 1.29 is 4.79 Å². The molecule has 1 unspecified atom stereocenters. The lowest BCUT2D eigenvalue weighted by Gasteiger charge is -2.29. The average Bonchev–Trinajstić information content (AvgIpc) is 3.05. The maximum Gasteiger partial charge on any atom is 0.223 e. The van der Waals surface area contributed by atoms with Gasteiger partial charge in [-0.2, -0.15) is 0 Å². The number of carbonyl (C=O) groups excluding carboxylic acids is 1. The first-order chi connectivity index (χ1) is 12.1. The van der Waals surface area contributed by atoms with Crippen molar-refractivity contribution in [3.8, 4) is 0 Å². The standard InChI is InChI=1S/C21H29ClN2O/c1-4-6-13-21(25)24(17(3)5-2)16-19-11-9-14-23(19)15-18-10-7-8-12-20(18)22/h7-12,14,17H,4-6,13,15-16H2,1-3H3. The van der Waals surface area contributed by atoms with Gasteiger partial charge in [0.2, 0.25) is 5.91 Å². The predicted octanol–water partition coefficient (Wildman–Crippen LogP) is 5.51. The van der Waals surface area contributed by atoms with E-state index < -0.39 is 0 Å². The number of unbranched alkanes of at least 4 members (excludes halogenated alkanes) is 1. The van der Waals surface area contributed by atoms with E-state index in [0.29, 0.717) is 13.0 Å². The molecule has 0 bridgehead atoms.